The van der Waals surface area contributed by atoms with E-state index >= 15 is 0 Å². The van der Waals surface area contributed by atoms with Crippen LogP contribution in [0.4, 0.5) is 0 Å². The third kappa shape index (κ3) is 3.47. The second-order valence-electron chi connectivity index (χ2n) is 6.89. The topological polar surface area (TPSA) is 89.0 Å². The molecule has 0 spiro atoms. The summed E-state index contributed by atoms with van der Waals surface area (Å²) in [4.78, 5) is 25.4. The predicted octanol–water partition coefficient (Wildman–Crippen LogP) is 3.01. The van der Waals surface area contributed by atoms with E-state index in [4.69, 9.17) is 4.74 Å². The van der Waals surface area contributed by atoms with Crippen LogP contribution in [0.25, 0.3) is 21.8 Å². The summed E-state index contributed by atoms with van der Waals surface area (Å²) in [5.74, 6) is 0.474. The second-order valence-corrected chi connectivity index (χ2v) is 6.89. The number of ether oxygens (including phenoxy) is 1. The van der Waals surface area contributed by atoms with Crippen molar-refractivity contribution in [3.05, 3.63) is 70.1 Å². The Hall–Kier alpha value is -3.61. The Balaban J connectivity index is 1.52. The fourth-order valence-electron chi connectivity index (χ4n) is 3.57. The Labute approximate surface area is 167 Å². The van der Waals surface area contributed by atoms with Crippen LogP contribution in [-0.2, 0) is 6.54 Å². The van der Waals surface area contributed by atoms with E-state index in [1.807, 2.05) is 31.2 Å². The minimum atomic E-state index is -0.165. The Morgan fingerprint density at radius 2 is 2.03 bits per heavy atom. The molecule has 0 bridgehead atoms. The first-order valence-electron chi connectivity index (χ1n) is 9.48. The van der Waals surface area contributed by atoms with Crippen molar-refractivity contribution in [3.63, 3.8) is 0 Å². The summed E-state index contributed by atoms with van der Waals surface area (Å²) in [6, 6.07) is 14.8. The van der Waals surface area contributed by atoms with E-state index < -0.39 is 0 Å². The van der Waals surface area contributed by atoms with Gasteiger partial charge in [-0.3, -0.25) is 14.7 Å². The molecule has 2 N–H and O–H groups in total. The van der Waals surface area contributed by atoms with Gasteiger partial charge in [-0.15, -0.1) is 0 Å². The summed E-state index contributed by atoms with van der Waals surface area (Å²) >= 11 is 0. The minimum Gasteiger partial charge on any atom is -0.497 e. The number of fused-ring (bicyclic) bond motifs is 3. The normalized spacial score (nSPS) is 11.1. The van der Waals surface area contributed by atoms with Crippen LogP contribution in [0.5, 0.6) is 5.75 Å². The molecule has 0 atom stereocenters. The van der Waals surface area contributed by atoms with Gasteiger partial charge >= 0.3 is 0 Å². The highest BCUT2D eigenvalue weighted by molar-refractivity contribution is 6.03. The number of aromatic amines is 1. The molecule has 2 aromatic heterocycles. The number of hydrogen-bond acceptors (Lipinski definition) is 4. The van der Waals surface area contributed by atoms with Gasteiger partial charge in [-0.05, 0) is 37.6 Å². The highest BCUT2D eigenvalue weighted by Crippen LogP contribution is 2.22. The quantitative estimate of drug-likeness (QED) is 0.495. The number of amides is 1. The van der Waals surface area contributed by atoms with E-state index in [9.17, 15) is 9.59 Å². The molecule has 1 amide bonds. The molecule has 7 nitrogen and oxygen atoms in total. The Morgan fingerprint density at radius 3 is 2.86 bits per heavy atom. The van der Waals surface area contributed by atoms with Crippen molar-refractivity contribution in [3.8, 4) is 5.75 Å². The second kappa shape index (κ2) is 7.79. The Kier molecular flexibility index (Phi) is 5.03. The molecule has 0 saturated carbocycles. The molecule has 0 fully saturated rings. The molecule has 0 aliphatic carbocycles. The number of nitrogens with zero attached hydrogens (tertiary/aromatic N) is 2. The van der Waals surface area contributed by atoms with E-state index in [0.29, 0.717) is 41.7 Å². The molecular formula is C22H22N4O3. The minimum absolute atomic E-state index is 0.0657. The third-order valence-corrected chi connectivity index (χ3v) is 5.03. The van der Waals surface area contributed by atoms with Gasteiger partial charge in [0.2, 0.25) is 0 Å². The molecule has 2 heterocycles. The number of para-hydroxylation sites is 1. The smallest absolute Gasteiger partial charge is 0.262 e. The van der Waals surface area contributed by atoms with Gasteiger partial charge in [-0.25, -0.2) is 0 Å². The molecule has 7 heteroatoms. The average molecular weight is 390 g/mol. The lowest BCUT2D eigenvalue weighted by molar-refractivity contribution is 0.0952. The lowest BCUT2D eigenvalue weighted by Crippen LogP contribution is -2.27. The summed E-state index contributed by atoms with van der Waals surface area (Å²) in [6.07, 6.45) is 0.627. The number of carbonyl (C=O) groups is 1. The Bertz CT molecular complexity index is 1260. The first-order chi connectivity index (χ1) is 14.1. The van der Waals surface area contributed by atoms with Crippen molar-refractivity contribution in [2.24, 2.45) is 0 Å². The molecule has 4 rings (SSSR count). The molecule has 148 valence electrons. The molecule has 2 aromatic carbocycles. The van der Waals surface area contributed by atoms with E-state index in [1.54, 1.807) is 35.9 Å². The van der Waals surface area contributed by atoms with Crippen molar-refractivity contribution in [2.75, 3.05) is 13.7 Å². The van der Waals surface area contributed by atoms with Gasteiger partial charge in [0.25, 0.3) is 11.5 Å². The zero-order valence-electron chi connectivity index (χ0n) is 16.4. The SMILES string of the molecule is COc1cccc(C(=O)NCCCn2c(=O)c3c(C)[nH]nc3c3ccccc32)c1. The number of H-pyrrole nitrogens is 1. The third-order valence-electron chi connectivity index (χ3n) is 5.03. The highest BCUT2D eigenvalue weighted by Gasteiger charge is 2.15. The molecule has 0 unspecified atom stereocenters. The van der Waals surface area contributed by atoms with Gasteiger partial charge in [-0.1, -0.05) is 24.3 Å². The van der Waals surface area contributed by atoms with E-state index in [0.717, 1.165) is 16.6 Å². The first kappa shape index (κ1) is 18.7. The van der Waals surface area contributed by atoms with Crippen LogP contribution in [0, 0.1) is 6.92 Å². The highest BCUT2D eigenvalue weighted by atomic mass is 16.5. The van der Waals surface area contributed by atoms with Crippen LogP contribution in [0.15, 0.2) is 53.3 Å². The zero-order valence-corrected chi connectivity index (χ0v) is 16.4. The fraction of sp³-hybridized carbons (Fsp3) is 0.227. The van der Waals surface area contributed by atoms with E-state index in [2.05, 4.69) is 15.5 Å². The predicted molar refractivity (Wildman–Crippen MR) is 113 cm³/mol. The maximum Gasteiger partial charge on any atom is 0.262 e. The van der Waals surface area contributed by atoms with E-state index in [1.165, 1.54) is 0 Å². The van der Waals surface area contributed by atoms with Crippen LogP contribution in [0.3, 0.4) is 0 Å². The number of nitrogens with one attached hydrogen (secondary N) is 2. The first-order valence-corrected chi connectivity index (χ1v) is 9.48. The van der Waals surface area contributed by atoms with Crippen LogP contribution >= 0.6 is 0 Å². The van der Waals surface area contributed by atoms with Gasteiger partial charge < -0.3 is 14.6 Å². The molecule has 29 heavy (non-hydrogen) atoms. The monoisotopic (exact) mass is 390 g/mol. The van der Waals surface area contributed by atoms with Crippen molar-refractivity contribution >= 4 is 27.7 Å². The fourth-order valence-corrected chi connectivity index (χ4v) is 3.57. The largest absolute Gasteiger partial charge is 0.497 e. The number of pyridine rings is 1. The van der Waals surface area contributed by atoms with Crippen LogP contribution in [0.1, 0.15) is 22.5 Å². The summed E-state index contributed by atoms with van der Waals surface area (Å²) in [5, 5.41) is 11.7. The zero-order chi connectivity index (χ0) is 20.4. The van der Waals surface area contributed by atoms with Crippen LogP contribution in [-0.4, -0.2) is 34.3 Å². The number of hydrogen-bond donors (Lipinski definition) is 2. The average Bonchev–Trinajstić information content (AvgIpc) is 3.15. The standard InChI is InChI=1S/C22H22N4O3/c1-14-19-20(25-24-14)17-9-3-4-10-18(17)26(22(19)28)12-6-11-23-21(27)15-7-5-8-16(13-15)29-2/h3-5,7-10,13H,6,11-12H2,1-2H3,(H,23,27)(H,24,25). The van der Waals surface area contributed by atoms with Gasteiger partial charge in [0, 0.05) is 29.7 Å². The number of rotatable bonds is 6. The van der Waals surface area contributed by atoms with Gasteiger partial charge in [0.15, 0.2) is 0 Å². The van der Waals surface area contributed by atoms with Crippen LogP contribution < -0.4 is 15.6 Å². The van der Waals surface area contributed by atoms with Crippen molar-refractivity contribution < 1.29 is 9.53 Å². The number of carbonyl (C=O) groups excluding carboxylic acids is 1. The summed E-state index contributed by atoms with van der Waals surface area (Å²) in [7, 11) is 1.57. The maximum atomic E-state index is 13.0. The van der Waals surface area contributed by atoms with Crippen molar-refractivity contribution in [1.82, 2.24) is 20.1 Å². The number of aromatic nitrogens is 3. The molecule has 4 aromatic rings. The van der Waals surface area contributed by atoms with Crippen molar-refractivity contribution in [1.29, 1.82) is 0 Å². The van der Waals surface area contributed by atoms with Gasteiger partial charge in [0.1, 0.15) is 11.3 Å². The molecule has 0 radical (unpaired) electrons. The summed E-state index contributed by atoms with van der Waals surface area (Å²) in [6.45, 7) is 2.81. The molecule has 0 saturated heterocycles. The number of methoxy groups -OCH3 is 1. The summed E-state index contributed by atoms with van der Waals surface area (Å²) in [5.41, 5.74) is 2.78. The maximum absolute atomic E-state index is 13.0. The lowest BCUT2D eigenvalue weighted by Gasteiger charge is -2.12. The van der Waals surface area contributed by atoms with Gasteiger partial charge in [0.05, 0.1) is 18.0 Å². The van der Waals surface area contributed by atoms with Crippen LogP contribution in [0.2, 0.25) is 0 Å². The van der Waals surface area contributed by atoms with E-state index in [-0.39, 0.29) is 11.5 Å². The molecule has 0 aliphatic rings. The Morgan fingerprint density at radius 1 is 1.21 bits per heavy atom. The van der Waals surface area contributed by atoms with Crippen molar-refractivity contribution in [2.45, 2.75) is 19.9 Å². The molecular weight excluding hydrogens is 368 g/mol. The van der Waals surface area contributed by atoms with Gasteiger partial charge in [-0.2, -0.15) is 5.10 Å². The number of benzene rings is 2. The number of aryl methyl sites for hydroxylation is 2. The lowest BCUT2D eigenvalue weighted by atomic mass is 10.1. The summed E-state index contributed by atoms with van der Waals surface area (Å²) < 4.78 is 6.92. The molecule has 0 aliphatic heterocycles.